The Morgan fingerprint density at radius 3 is 2.33 bits per heavy atom. The highest BCUT2D eigenvalue weighted by atomic mass is 16.2. The second-order valence-corrected chi connectivity index (χ2v) is 7.96. The fourth-order valence-corrected chi connectivity index (χ4v) is 2.72. The predicted molar refractivity (Wildman–Crippen MR) is 107 cm³/mol. The van der Waals surface area contributed by atoms with E-state index in [0.717, 1.165) is 11.3 Å². The van der Waals surface area contributed by atoms with Crippen LogP contribution in [0.5, 0.6) is 0 Å². The van der Waals surface area contributed by atoms with Crippen LogP contribution in [-0.4, -0.2) is 28.1 Å². The van der Waals surface area contributed by atoms with Crippen molar-refractivity contribution >= 4 is 11.8 Å². The van der Waals surface area contributed by atoms with E-state index in [9.17, 15) is 9.59 Å². The van der Waals surface area contributed by atoms with Crippen molar-refractivity contribution < 1.29 is 9.59 Å². The second-order valence-electron chi connectivity index (χ2n) is 7.96. The van der Waals surface area contributed by atoms with Crippen LogP contribution in [0.4, 0.5) is 0 Å². The van der Waals surface area contributed by atoms with Crippen molar-refractivity contribution in [3.05, 3.63) is 53.3 Å². The van der Waals surface area contributed by atoms with Gasteiger partial charge >= 0.3 is 0 Å². The van der Waals surface area contributed by atoms with Gasteiger partial charge in [-0.1, -0.05) is 44.2 Å². The van der Waals surface area contributed by atoms with E-state index in [0.29, 0.717) is 12.2 Å². The molecule has 0 saturated carbocycles. The van der Waals surface area contributed by atoms with Crippen LogP contribution in [0.3, 0.4) is 0 Å². The third-order valence-corrected chi connectivity index (χ3v) is 4.17. The normalized spacial score (nSPS) is 11.5. The molecule has 146 valence electrons. The second kappa shape index (κ2) is 8.84. The minimum Gasteiger partial charge on any atom is -0.352 e. The SMILES string of the molecule is CC(C)c1cc(C(=O)NCCC(=O)NCc2ccccc2)nn1C(C)(C)C. The molecule has 2 amide bonds. The summed E-state index contributed by atoms with van der Waals surface area (Å²) in [6.07, 6.45) is 0.232. The van der Waals surface area contributed by atoms with Crippen LogP contribution in [0.25, 0.3) is 0 Å². The van der Waals surface area contributed by atoms with Crippen LogP contribution in [0.1, 0.15) is 68.7 Å². The van der Waals surface area contributed by atoms with Gasteiger partial charge in [0.15, 0.2) is 0 Å². The molecule has 0 spiro atoms. The Morgan fingerprint density at radius 2 is 1.78 bits per heavy atom. The van der Waals surface area contributed by atoms with E-state index < -0.39 is 0 Å². The highest BCUT2D eigenvalue weighted by Gasteiger charge is 2.23. The number of amides is 2. The van der Waals surface area contributed by atoms with E-state index in [1.165, 1.54) is 0 Å². The first kappa shape index (κ1) is 20.7. The zero-order chi connectivity index (χ0) is 20.0. The number of rotatable bonds is 7. The molecule has 0 aliphatic heterocycles. The maximum Gasteiger partial charge on any atom is 0.271 e. The molecular formula is C21H30N4O2. The molecule has 2 rings (SSSR count). The highest BCUT2D eigenvalue weighted by molar-refractivity contribution is 5.92. The van der Waals surface area contributed by atoms with Crippen LogP contribution < -0.4 is 10.6 Å². The van der Waals surface area contributed by atoms with Gasteiger partial charge in [-0.2, -0.15) is 5.10 Å². The number of hydrogen-bond acceptors (Lipinski definition) is 3. The molecule has 6 nitrogen and oxygen atoms in total. The molecule has 1 aromatic heterocycles. The number of nitrogens with zero attached hydrogens (tertiary/aromatic N) is 2. The lowest BCUT2D eigenvalue weighted by molar-refractivity contribution is -0.121. The third-order valence-electron chi connectivity index (χ3n) is 4.17. The van der Waals surface area contributed by atoms with Gasteiger partial charge < -0.3 is 10.6 Å². The van der Waals surface area contributed by atoms with Gasteiger partial charge in [-0.05, 0) is 38.3 Å². The van der Waals surface area contributed by atoms with Gasteiger partial charge in [-0.3, -0.25) is 14.3 Å². The van der Waals surface area contributed by atoms with Crippen molar-refractivity contribution in [2.24, 2.45) is 0 Å². The molecule has 1 heterocycles. The molecule has 6 heteroatoms. The fourth-order valence-electron chi connectivity index (χ4n) is 2.72. The highest BCUT2D eigenvalue weighted by Crippen LogP contribution is 2.23. The van der Waals surface area contributed by atoms with Crippen molar-refractivity contribution in [2.75, 3.05) is 6.54 Å². The van der Waals surface area contributed by atoms with Gasteiger partial charge in [0.25, 0.3) is 5.91 Å². The molecule has 0 unspecified atom stereocenters. The summed E-state index contributed by atoms with van der Waals surface area (Å²) in [6.45, 7) is 11.1. The molecule has 0 aliphatic rings. The van der Waals surface area contributed by atoms with E-state index in [4.69, 9.17) is 0 Å². The van der Waals surface area contributed by atoms with Crippen LogP contribution in [0.15, 0.2) is 36.4 Å². The zero-order valence-electron chi connectivity index (χ0n) is 16.9. The summed E-state index contributed by atoms with van der Waals surface area (Å²) in [5.74, 6) is -0.0833. The summed E-state index contributed by atoms with van der Waals surface area (Å²) in [5.41, 5.74) is 2.26. The van der Waals surface area contributed by atoms with Gasteiger partial charge in [0, 0.05) is 25.2 Å². The Kier molecular flexibility index (Phi) is 6.77. The first-order chi connectivity index (χ1) is 12.7. The smallest absolute Gasteiger partial charge is 0.271 e. The molecule has 0 bridgehead atoms. The monoisotopic (exact) mass is 370 g/mol. The average molecular weight is 370 g/mol. The van der Waals surface area contributed by atoms with E-state index in [1.54, 1.807) is 0 Å². The maximum atomic E-state index is 12.4. The number of hydrogen-bond donors (Lipinski definition) is 2. The Bertz CT molecular complexity index is 773. The van der Waals surface area contributed by atoms with Gasteiger partial charge in [0.05, 0.1) is 5.54 Å². The van der Waals surface area contributed by atoms with Gasteiger partial charge in [0.2, 0.25) is 5.91 Å². The maximum absolute atomic E-state index is 12.4. The molecular weight excluding hydrogens is 340 g/mol. The van der Waals surface area contributed by atoms with Crippen molar-refractivity contribution in [1.29, 1.82) is 0 Å². The lowest BCUT2D eigenvalue weighted by atomic mass is 10.1. The summed E-state index contributed by atoms with van der Waals surface area (Å²) in [5, 5.41) is 10.1. The van der Waals surface area contributed by atoms with E-state index in [-0.39, 0.29) is 36.2 Å². The van der Waals surface area contributed by atoms with E-state index in [2.05, 4.69) is 50.4 Å². The minimum atomic E-state index is -0.254. The Morgan fingerprint density at radius 1 is 1.11 bits per heavy atom. The summed E-state index contributed by atoms with van der Waals surface area (Å²) in [7, 11) is 0. The van der Waals surface area contributed by atoms with Crippen LogP contribution >= 0.6 is 0 Å². The summed E-state index contributed by atoms with van der Waals surface area (Å²) in [6, 6.07) is 11.6. The van der Waals surface area contributed by atoms with E-state index in [1.807, 2.05) is 41.1 Å². The molecule has 2 aromatic rings. The summed E-state index contributed by atoms with van der Waals surface area (Å²) >= 11 is 0. The molecule has 0 radical (unpaired) electrons. The van der Waals surface area contributed by atoms with Gasteiger partial charge in [0.1, 0.15) is 5.69 Å². The average Bonchev–Trinajstić information content (AvgIpc) is 3.07. The number of nitrogens with one attached hydrogen (secondary N) is 2. The largest absolute Gasteiger partial charge is 0.352 e. The topological polar surface area (TPSA) is 76.0 Å². The molecule has 0 atom stereocenters. The first-order valence-corrected chi connectivity index (χ1v) is 9.37. The quantitative estimate of drug-likeness (QED) is 0.786. The Hall–Kier alpha value is -2.63. The van der Waals surface area contributed by atoms with Gasteiger partial charge in [-0.25, -0.2) is 0 Å². The number of aromatic nitrogens is 2. The molecule has 0 saturated heterocycles. The Balaban J connectivity index is 1.86. The summed E-state index contributed by atoms with van der Waals surface area (Å²) < 4.78 is 1.90. The zero-order valence-corrected chi connectivity index (χ0v) is 16.9. The van der Waals surface area contributed by atoms with Crippen molar-refractivity contribution in [3.8, 4) is 0 Å². The molecule has 0 fully saturated rings. The molecule has 2 N–H and O–H groups in total. The number of carbonyl (C=O) groups excluding carboxylic acids is 2. The summed E-state index contributed by atoms with van der Waals surface area (Å²) in [4.78, 5) is 24.3. The van der Waals surface area contributed by atoms with Crippen molar-refractivity contribution in [1.82, 2.24) is 20.4 Å². The number of carbonyl (C=O) groups is 2. The standard InChI is InChI=1S/C21H30N4O2/c1-15(2)18-13-17(24-25(18)21(3,4)5)20(27)22-12-11-19(26)23-14-16-9-7-6-8-10-16/h6-10,13,15H,11-12,14H2,1-5H3,(H,22,27)(H,23,26). The predicted octanol–water partition coefficient (Wildman–Crippen LogP) is 3.20. The Labute approximate surface area is 161 Å². The first-order valence-electron chi connectivity index (χ1n) is 9.37. The lowest BCUT2D eigenvalue weighted by Crippen LogP contribution is -2.31. The molecule has 0 aliphatic carbocycles. The third kappa shape index (κ3) is 5.94. The lowest BCUT2D eigenvalue weighted by Gasteiger charge is -2.23. The van der Waals surface area contributed by atoms with Gasteiger partial charge in [-0.15, -0.1) is 0 Å². The minimum absolute atomic E-state index is 0.0951. The fraction of sp³-hybridized carbons (Fsp3) is 0.476. The number of benzene rings is 1. The van der Waals surface area contributed by atoms with Crippen molar-refractivity contribution in [2.45, 2.75) is 59.0 Å². The molecule has 1 aromatic carbocycles. The van der Waals surface area contributed by atoms with Crippen molar-refractivity contribution in [3.63, 3.8) is 0 Å². The van der Waals surface area contributed by atoms with Crippen LogP contribution in [-0.2, 0) is 16.9 Å². The van der Waals surface area contributed by atoms with Crippen LogP contribution in [0, 0.1) is 0 Å². The molecule has 27 heavy (non-hydrogen) atoms. The van der Waals surface area contributed by atoms with E-state index >= 15 is 0 Å². The van der Waals surface area contributed by atoms with Crippen LogP contribution in [0.2, 0.25) is 0 Å².